The first-order valence-corrected chi connectivity index (χ1v) is 9.62. The Morgan fingerprint density at radius 2 is 1.96 bits per heavy atom. The molecule has 1 atom stereocenters. The molecule has 2 aliphatic heterocycles. The van der Waals surface area contributed by atoms with Gasteiger partial charge in [-0.05, 0) is 46.5 Å². The first-order chi connectivity index (χ1) is 12.7. The molecule has 1 aromatic heterocycles. The van der Waals surface area contributed by atoms with Gasteiger partial charge in [0.2, 0.25) is 0 Å². The van der Waals surface area contributed by atoms with Crippen LogP contribution in [0.25, 0.3) is 0 Å². The number of hydrogen-bond acceptors (Lipinski definition) is 5. The Labute approximate surface area is 159 Å². The van der Waals surface area contributed by atoms with Crippen molar-refractivity contribution in [3.8, 4) is 0 Å². The van der Waals surface area contributed by atoms with E-state index in [1.165, 1.54) is 0 Å². The normalized spacial score (nSPS) is 21.9. The van der Waals surface area contributed by atoms with E-state index in [0.29, 0.717) is 32.0 Å². The molecule has 3 heterocycles. The predicted molar refractivity (Wildman–Crippen MR) is 98.1 cm³/mol. The van der Waals surface area contributed by atoms with Crippen LogP contribution in [0.1, 0.15) is 74.5 Å². The maximum atomic E-state index is 12.4. The number of rotatable bonds is 3. The molecule has 1 N–H and O–H groups in total. The largest absolute Gasteiger partial charge is 0.478 e. The highest BCUT2D eigenvalue weighted by molar-refractivity contribution is 5.88. The molecule has 27 heavy (non-hydrogen) atoms. The van der Waals surface area contributed by atoms with Crippen molar-refractivity contribution < 1.29 is 24.2 Å². The molecule has 3 rings (SSSR count). The summed E-state index contributed by atoms with van der Waals surface area (Å²) < 4.78 is 12.6. The minimum absolute atomic E-state index is 0.0436. The van der Waals surface area contributed by atoms with E-state index in [1.807, 2.05) is 20.8 Å². The zero-order valence-electron chi connectivity index (χ0n) is 16.3. The second-order valence-corrected chi connectivity index (χ2v) is 8.32. The Balaban J connectivity index is 1.77. The van der Waals surface area contributed by atoms with Crippen LogP contribution in [0.2, 0.25) is 0 Å². The summed E-state index contributed by atoms with van der Waals surface area (Å²) >= 11 is 0. The van der Waals surface area contributed by atoms with E-state index < -0.39 is 11.6 Å². The second-order valence-electron chi connectivity index (χ2n) is 8.32. The lowest BCUT2D eigenvalue weighted by Crippen LogP contribution is -2.43. The Morgan fingerprint density at radius 3 is 2.59 bits per heavy atom. The van der Waals surface area contributed by atoms with Gasteiger partial charge in [-0.2, -0.15) is 5.10 Å². The van der Waals surface area contributed by atoms with Crippen molar-refractivity contribution in [2.45, 2.75) is 64.0 Å². The fourth-order valence-electron chi connectivity index (χ4n) is 3.69. The van der Waals surface area contributed by atoms with Gasteiger partial charge in [0.15, 0.2) is 0 Å². The zero-order valence-corrected chi connectivity index (χ0v) is 16.3. The SMILES string of the molecule is CC(C)(C)OC(=O)N1CCC[C@H](n2cc(C(=O)O)c(C3CCOCC3)n2)C1. The third kappa shape index (κ3) is 4.80. The predicted octanol–water partition coefficient (Wildman–Crippen LogP) is 3.05. The lowest BCUT2D eigenvalue weighted by atomic mass is 9.94. The summed E-state index contributed by atoms with van der Waals surface area (Å²) in [5.41, 5.74) is 0.360. The Bertz CT molecular complexity index is 688. The maximum Gasteiger partial charge on any atom is 0.410 e. The van der Waals surface area contributed by atoms with Gasteiger partial charge in [0.05, 0.1) is 11.7 Å². The van der Waals surface area contributed by atoms with E-state index in [9.17, 15) is 14.7 Å². The van der Waals surface area contributed by atoms with Gasteiger partial charge in [-0.15, -0.1) is 0 Å². The van der Waals surface area contributed by atoms with Gasteiger partial charge in [-0.1, -0.05) is 0 Å². The summed E-state index contributed by atoms with van der Waals surface area (Å²) in [5, 5.41) is 14.3. The lowest BCUT2D eigenvalue weighted by Gasteiger charge is -2.34. The minimum atomic E-state index is -0.956. The number of likely N-dealkylation sites (tertiary alicyclic amines) is 1. The average molecular weight is 379 g/mol. The molecule has 0 aliphatic carbocycles. The molecule has 2 aliphatic rings. The fourth-order valence-corrected chi connectivity index (χ4v) is 3.69. The molecule has 1 amide bonds. The van der Waals surface area contributed by atoms with Gasteiger partial charge in [0, 0.05) is 38.4 Å². The van der Waals surface area contributed by atoms with Crippen LogP contribution < -0.4 is 0 Å². The van der Waals surface area contributed by atoms with Crippen LogP contribution in [0.3, 0.4) is 0 Å². The molecule has 2 fully saturated rings. The molecule has 0 aromatic carbocycles. The van der Waals surface area contributed by atoms with Gasteiger partial charge < -0.3 is 19.5 Å². The fraction of sp³-hybridized carbons (Fsp3) is 0.737. The van der Waals surface area contributed by atoms with Crippen LogP contribution in [-0.4, -0.2) is 63.8 Å². The molecule has 8 heteroatoms. The van der Waals surface area contributed by atoms with E-state index in [-0.39, 0.29) is 23.6 Å². The number of ether oxygens (including phenoxy) is 2. The summed E-state index contributed by atoms with van der Waals surface area (Å²) in [6.07, 6.45) is 4.54. The van der Waals surface area contributed by atoms with Crippen molar-refractivity contribution in [3.63, 3.8) is 0 Å². The monoisotopic (exact) mass is 379 g/mol. The molecule has 8 nitrogen and oxygen atoms in total. The Hall–Kier alpha value is -2.09. The third-order valence-electron chi connectivity index (χ3n) is 5.02. The highest BCUT2D eigenvalue weighted by atomic mass is 16.6. The van der Waals surface area contributed by atoms with Crippen molar-refractivity contribution in [3.05, 3.63) is 17.5 Å². The highest BCUT2D eigenvalue weighted by Gasteiger charge is 2.31. The molecule has 0 unspecified atom stereocenters. The molecular weight excluding hydrogens is 350 g/mol. The quantitative estimate of drug-likeness (QED) is 0.867. The molecule has 0 spiro atoms. The molecular formula is C19H29N3O5. The summed E-state index contributed by atoms with van der Waals surface area (Å²) in [7, 11) is 0. The molecule has 150 valence electrons. The van der Waals surface area contributed by atoms with Crippen molar-refractivity contribution in [1.82, 2.24) is 14.7 Å². The Morgan fingerprint density at radius 1 is 1.26 bits per heavy atom. The Kier molecular flexibility index (Phi) is 5.74. The smallest absolute Gasteiger partial charge is 0.410 e. The number of hydrogen-bond donors (Lipinski definition) is 1. The topological polar surface area (TPSA) is 93.9 Å². The van der Waals surface area contributed by atoms with E-state index in [1.54, 1.807) is 15.8 Å². The lowest BCUT2D eigenvalue weighted by molar-refractivity contribution is 0.0166. The van der Waals surface area contributed by atoms with Crippen LogP contribution in [0.15, 0.2) is 6.20 Å². The first-order valence-electron chi connectivity index (χ1n) is 9.62. The van der Waals surface area contributed by atoms with Gasteiger partial charge in [0.25, 0.3) is 0 Å². The second kappa shape index (κ2) is 7.88. The van der Waals surface area contributed by atoms with Crippen LogP contribution in [0, 0.1) is 0 Å². The van der Waals surface area contributed by atoms with Crippen molar-refractivity contribution in [2.24, 2.45) is 0 Å². The third-order valence-corrected chi connectivity index (χ3v) is 5.02. The van der Waals surface area contributed by atoms with Gasteiger partial charge in [0.1, 0.15) is 11.2 Å². The van der Waals surface area contributed by atoms with E-state index in [4.69, 9.17) is 9.47 Å². The van der Waals surface area contributed by atoms with E-state index in [0.717, 1.165) is 25.7 Å². The molecule has 2 saturated heterocycles. The number of carbonyl (C=O) groups is 2. The van der Waals surface area contributed by atoms with Crippen LogP contribution >= 0.6 is 0 Å². The number of piperidine rings is 1. The average Bonchev–Trinajstić information content (AvgIpc) is 3.07. The summed E-state index contributed by atoms with van der Waals surface area (Å²) in [5.74, 6) is -0.848. The van der Waals surface area contributed by atoms with Crippen molar-refractivity contribution in [1.29, 1.82) is 0 Å². The van der Waals surface area contributed by atoms with Crippen LogP contribution in [0.4, 0.5) is 4.79 Å². The van der Waals surface area contributed by atoms with Crippen molar-refractivity contribution >= 4 is 12.1 Å². The number of aromatic carboxylic acids is 1. The van der Waals surface area contributed by atoms with Crippen LogP contribution in [-0.2, 0) is 9.47 Å². The summed E-state index contributed by atoms with van der Waals surface area (Å²) in [4.78, 5) is 25.8. The van der Waals surface area contributed by atoms with E-state index in [2.05, 4.69) is 5.10 Å². The van der Waals surface area contributed by atoms with Gasteiger partial charge >= 0.3 is 12.1 Å². The van der Waals surface area contributed by atoms with Gasteiger partial charge in [-0.3, -0.25) is 4.68 Å². The first kappa shape index (κ1) is 19.7. The molecule has 1 aromatic rings. The number of nitrogens with zero attached hydrogens (tertiary/aromatic N) is 3. The highest BCUT2D eigenvalue weighted by Crippen LogP contribution is 2.31. The van der Waals surface area contributed by atoms with E-state index >= 15 is 0 Å². The molecule has 0 radical (unpaired) electrons. The summed E-state index contributed by atoms with van der Waals surface area (Å²) in [6, 6.07) is -0.0436. The molecule has 0 bridgehead atoms. The zero-order chi connectivity index (χ0) is 19.6. The maximum absolute atomic E-state index is 12.4. The summed E-state index contributed by atoms with van der Waals surface area (Å²) in [6.45, 7) is 7.92. The number of amides is 1. The number of carbonyl (C=O) groups excluding carboxylic acids is 1. The van der Waals surface area contributed by atoms with Crippen LogP contribution in [0.5, 0.6) is 0 Å². The number of aromatic nitrogens is 2. The van der Waals surface area contributed by atoms with Gasteiger partial charge in [-0.25, -0.2) is 9.59 Å². The van der Waals surface area contributed by atoms with Crippen molar-refractivity contribution in [2.75, 3.05) is 26.3 Å². The standard InChI is InChI=1S/C19H29N3O5/c1-19(2,3)27-18(25)21-8-4-5-14(11-21)22-12-15(17(23)24)16(20-22)13-6-9-26-10-7-13/h12-14H,4-11H2,1-3H3,(H,23,24)/t14-/m0/s1. The minimum Gasteiger partial charge on any atom is -0.478 e. The molecule has 0 saturated carbocycles. The number of carboxylic acids is 1. The number of carboxylic acid groups (broad SMARTS) is 1.